The standard InChI is InChI=1S/C13H14BrNO/c1-2-3-4-12-13(16-9-15-12)10-5-7-11(14)8-6-10/h5-9H,2-4H2,1H3. The second kappa shape index (κ2) is 5.30. The van der Waals surface area contributed by atoms with Crippen LogP contribution in [0.3, 0.4) is 0 Å². The largest absolute Gasteiger partial charge is 0.443 e. The lowest BCUT2D eigenvalue weighted by Crippen LogP contribution is -1.88. The Labute approximate surface area is 104 Å². The van der Waals surface area contributed by atoms with Crippen molar-refractivity contribution in [3.05, 3.63) is 40.8 Å². The van der Waals surface area contributed by atoms with Crippen LogP contribution >= 0.6 is 15.9 Å². The first-order chi connectivity index (χ1) is 7.81. The molecule has 0 N–H and O–H groups in total. The summed E-state index contributed by atoms with van der Waals surface area (Å²) < 4.78 is 6.54. The van der Waals surface area contributed by atoms with E-state index >= 15 is 0 Å². The Kier molecular flexibility index (Phi) is 3.78. The summed E-state index contributed by atoms with van der Waals surface area (Å²) in [5.41, 5.74) is 2.15. The van der Waals surface area contributed by atoms with Crippen LogP contribution in [0.1, 0.15) is 25.5 Å². The third-order valence-electron chi connectivity index (χ3n) is 2.51. The van der Waals surface area contributed by atoms with Crippen LogP contribution in [0.25, 0.3) is 11.3 Å². The molecule has 0 spiro atoms. The topological polar surface area (TPSA) is 26.0 Å². The Morgan fingerprint density at radius 3 is 2.69 bits per heavy atom. The summed E-state index contributed by atoms with van der Waals surface area (Å²) in [5, 5.41) is 0. The highest BCUT2D eigenvalue weighted by Crippen LogP contribution is 2.25. The van der Waals surface area contributed by atoms with Crippen molar-refractivity contribution in [1.82, 2.24) is 4.98 Å². The summed E-state index contributed by atoms with van der Waals surface area (Å²) in [6.45, 7) is 2.18. The first-order valence-electron chi connectivity index (χ1n) is 5.49. The molecule has 2 rings (SSSR count). The van der Waals surface area contributed by atoms with E-state index < -0.39 is 0 Å². The quantitative estimate of drug-likeness (QED) is 0.827. The van der Waals surface area contributed by atoms with Gasteiger partial charge in [0.2, 0.25) is 0 Å². The molecule has 1 heterocycles. The highest BCUT2D eigenvalue weighted by Gasteiger charge is 2.09. The predicted molar refractivity (Wildman–Crippen MR) is 68.3 cm³/mol. The number of hydrogen-bond acceptors (Lipinski definition) is 2. The number of hydrogen-bond donors (Lipinski definition) is 0. The fourth-order valence-corrected chi connectivity index (χ4v) is 1.89. The van der Waals surface area contributed by atoms with Crippen molar-refractivity contribution in [1.29, 1.82) is 0 Å². The van der Waals surface area contributed by atoms with Crippen molar-refractivity contribution in [2.45, 2.75) is 26.2 Å². The Hall–Kier alpha value is -1.09. The molecule has 2 aromatic rings. The van der Waals surface area contributed by atoms with E-state index in [9.17, 15) is 0 Å². The number of rotatable bonds is 4. The third-order valence-corrected chi connectivity index (χ3v) is 3.04. The average Bonchev–Trinajstić information content (AvgIpc) is 2.75. The number of halogens is 1. The molecular weight excluding hydrogens is 266 g/mol. The van der Waals surface area contributed by atoms with Crippen LogP contribution in [-0.4, -0.2) is 4.98 Å². The predicted octanol–water partition coefficient (Wildman–Crippen LogP) is 4.45. The lowest BCUT2D eigenvalue weighted by Gasteiger charge is -2.00. The van der Waals surface area contributed by atoms with Crippen LogP contribution in [0.15, 0.2) is 39.5 Å². The molecule has 0 saturated carbocycles. The molecule has 2 nitrogen and oxygen atoms in total. The van der Waals surface area contributed by atoms with Crippen molar-refractivity contribution >= 4 is 15.9 Å². The summed E-state index contributed by atoms with van der Waals surface area (Å²) in [5.74, 6) is 0.904. The molecule has 0 bridgehead atoms. The first kappa shape index (κ1) is 11.4. The summed E-state index contributed by atoms with van der Waals surface area (Å²) in [7, 11) is 0. The molecule has 0 aliphatic carbocycles. The fraction of sp³-hybridized carbons (Fsp3) is 0.308. The smallest absolute Gasteiger partial charge is 0.181 e. The zero-order valence-electron chi connectivity index (χ0n) is 9.24. The molecule has 0 fully saturated rings. The van der Waals surface area contributed by atoms with Crippen LogP contribution in [0.4, 0.5) is 0 Å². The minimum atomic E-state index is 0.904. The van der Waals surface area contributed by atoms with Gasteiger partial charge in [0.05, 0.1) is 5.69 Å². The van der Waals surface area contributed by atoms with Crippen molar-refractivity contribution in [2.24, 2.45) is 0 Å². The van der Waals surface area contributed by atoms with Crippen molar-refractivity contribution in [3.8, 4) is 11.3 Å². The maximum Gasteiger partial charge on any atom is 0.181 e. The molecule has 0 aliphatic heterocycles. The van der Waals surface area contributed by atoms with E-state index in [0.717, 1.165) is 34.3 Å². The van der Waals surface area contributed by atoms with Gasteiger partial charge in [-0.15, -0.1) is 0 Å². The van der Waals surface area contributed by atoms with Gasteiger partial charge in [0.25, 0.3) is 0 Å². The molecule has 84 valence electrons. The second-order valence-electron chi connectivity index (χ2n) is 3.74. The number of benzene rings is 1. The van der Waals surface area contributed by atoms with Gasteiger partial charge in [-0.3, -0.25) is 0 Å². The molecule has 0 unspecified atom stereocenters. The Morgan fingerprint density at radius 1 is 1.25 bits per heavy atom. The van der Waals surface area contributed by atoms with Gasteiger partial charge in [-0.25, -0.2) is 4.98 Å². The lowest BCUT2D eigenvalue weighted by atomic mass is 10.1. The normalized spacial score (nSPS) is 10.6. The van der Waals surface area contributed by atoms with E-state index in [-0.39, 0.29) is 0 Å². The Morgan fingerprint density at radius 2 is 2.00 bits per heavy atom. The summed E-state index contributed by atoms with van der Waals surface area (Å²) in [6.07, 6.45) is 4.84. The maximum absolute atomic E-state index is 5.46. The number of nitrogens with zero attached hydrogens (tertiary/aromatic N) is 1. The molecule has 1 aromatic heterocycles. The molecule has 1 aromatic carbocycles. The number of aryl methyl sites for hydroxylation is 1. The molecule has 16 heavy (non-hydrogen) atoms. The van der Waals surface area contributed by atoms with Gasteiger partial charge in [-0.1, -0.05) is 41.4 Å². The molecule has 0 aliphatic rings. The molecule has 3 heteroatoms. The maximum atomic E-state index is 5.46. The zero-order valence-corrected chi connectivity index (χ0v) is 10.8. The van der Waals surface area contributed by atoms with E-state index in [4.69, 9.17) is 4.42 Å². The van der Waals surface area contributed by atoms with Gasteiger partial charge in [-0.2, -0.15) is 0 Å². The first-order valence-corrected chi connectivity index (χ1v) is 6.29. The average molecular weight is 280 g/mol. The number of oxazole rings is 1. The summed E-state index contributed by atoms with van der Waals surface area (Å²) in [6, 6.07) is 8.11. The Balaban J connectivity index is 2.26. The number of unbranched alkanes of at least 4 members (excludes halogenated alkanes) is 1. The molecule has 0 atom stereocenters. The van der Waals surface area contributed by atoms with Gasteiger partial charge in [0.15, 0.2) is 12.2 Å². The van der Waals surface area contributed by atoms with Crippen LogP contribution in [-0.2, 0) is 6.42 Å². The third kappa shape index (κ3) is 2.53. The van der Waals surface area contributed by atoms with Crippen LogP contribution in [0, 0.1) is 0 Å². The zero-order chi connectivity index (χ0) is 11.4. The van der Waals surface area contributed by atoms with E-state index in [0.29, 0.717) is 0 Å². The van der Waals surface area contributed by atoms with Gasteiger partial charge < -0.3 is 4.42 Å². The Bertz CT molecular complexity index is 447. The SMILES string of the molecule is CCCCc1ncoc1-c1ccc(Br)cc1. The van der Waals surface area contributed by atoms with Crippen molar-refractivity contribution in [3.63, 3.8) is 0 Å². The summed E-state index contributed by atoms with van der Waals surface area (Å²) in [4.78, 5) is 4.27. The minimum Gasteiger partial charge on any atom is -0.443 e. The molecule has 0 amide bonds. The monoisotopic (exact) mass is 279 g/mol. The van der Waals surface area contributed by atoms with Crippen molar-refractivity contribution in [2.75, 3.05) is 0 Å². The molecule has 0 radical (unpaired) electrons. The van der Waals surface area contributed by atoms with Crippen molar-refractivity contribution < 1.29 is 4.42 Å². The minimum absolute atomic E-state index is 0.904. The molecular formula is C13H14BrNO. The van der Waals surface area contributed by atoms with Gasteiger partial charge in [0.1, 0.15) is 0 Å². The van der Waals surface area contributed by atoms with E-state index in [2.05, 4.69) is 27.8 Å². The highest BCUT2D eigenvalue weighted by molar-refractivity contribution is 9.10. The lowest BCUT2D eigenvalue weighted by molar-refractivity contribution is 0.570. The van der Waals surface area contributed by atoms with E-state index in [1.165, 1.54) is 12.8 Å². The van der Waals surface area contributed by atoms with E-state index in [1.54, 1.807) is 0 Å². The highest BCUT2D eigenvalue weighted by atomic mass is 79.9. The van der Waals surface area contributed by atoms with Gasteiger partial charge in [-0.05, 0) is 25.0 Å². The van der Waals surface area contributed by atoms with Crippen LogP contribution in [0.2, 0.25) is 0 Å². The van der Waals surface area contributed by atoms with Crippen LogP contribution < -0.4 is 0 Å². The van der Waals surface area contributed by atoms with Crippen LogP contribution in [0.5, 0.6) is 0 Å². The van der Waals surface area contributed by atoms with E-state index in [1.807, 2.05) is 24.3 Å². The number of aromatic nitrogens is 1. The molecule has 0 saturated heterocycles. The second-order valence-corrected chi connectivity index (χ2v) is 4.65. The van der Waals surface area contributed by atoms with Gasteiger partial charge >= 0.3 is 0 Å². The van der Waals surface area contributed by atoms with Gasteiger partial charge in [0, 0.05) is 10.0 Å². The fourth-order valence-electron chi connectivity index (χ4n) is 1.63. The summed E-state index contributed by atoms with van der Waals surface area (Å²) >= 11 is 3.42.